The summed E-state index contributed by atoms with van der Waals surface area (Å²) in [6, 6.07) is 10.2. The summed E-state index contributed by atoms with van der Waals surface area (Å²) in [5.41, 5.74) is 1.17. The van der Waals surface area contributed by atoms with E-state index in [4.69, 9.17) is 0 Å². The minimum Gasteiger partial charge on any atom is -0.369 e. The van der Waals surface area contributed by atoms with Gasteiger partial charge in [-0.1, -0.05) is 18.2 Å². The van der Waals surface area contributed by atoms with Gasteiger partial charge in [0.25, 0.3) is 10.2 Å². The third-order valence-corrected chi connectivity index (χ3v) is 6.11. The SMILES string of the molecule is O=S(=O)(N1CCCC1)N1CCN(c2ccccc2)CC1. The highest BCUT2D eigenvalue weighted by Crippen LogP contribution is 2.20. The van der Waals surface area contributed by atoms with Gasteiger partial charge in [-0.25, -0.2) is 0 Å². The Hall–Kier alpha value is -1.11. The molecule has 1 aromatic rings. The number of benzene rings is 1. The van der Waals surface area contributed by atoms with E-state index in [9.17, 15) is 8.42 Å². The second-order valence-corrected chi connectivity index (χ2v) is 7.26. The van der Waals surface area contributed by atoms with Gasteiger partial charge in [-0.15, -0.1) is 0 Å². The van der Waals surface area contributed by atoms with Crippen molar-refractivity contribution in [1.29, 1.82) is 0 Å². The Balaban J connectivity index is 1.64. The molecule has 110 valence electrons. The van der Waals surface area contributed by atoms with Crippen LogP contribution in [0.4, 0.5) is 5.69 Å². The van der Waals surface area contributed by atoms with Gasteiger partial charge in [0.15, 0.2) is 0 Å². The van der Waals surface area contributed by atoms with Gasteiger partial charge in [-0.2, -0.15) is 17.0 Å². The molecule has 0 radical (unpaired) electrons. The van der Waals surface area contributed by atoms with Gasteiger partial charge in [0.2, 0.25) is 0 Å². The predicted molar refractivity (Wildman–Crippen MR) is 80.0 cm³/mol. The Morgan fingerprint density at radius 3 is 1.90 bits per heavy atom. The predicted octanol–water partition coefficient (Wildman–Crippen LogP) is 1.15. The summed E-state index contributed by atoms with van der Waals surface area (Å²) in [5.74, 6) is 0. The first-order valence-corrected chi connectivity index (χ1v) is 8.63. The fourth-order valence-electron chi connectivity index (χ4n) is 2.90. The number of hydrogen-bond acceptors (Lipinski definition) is 3. The van der Waals surface area contributed by atoms with Crippen molar-refractivity contribution in [3.05, 3.63) is 30.3 Å². The second kappa shape index (κ2) is 5.71. The van der Waals surface area contributed by atoms with E-state index in [1.165, 1.54) is 5.69 Å². The molecule has 0 bridgehead atoms. The summed E-state index contributed by atoms with van der Waals surface area (Å²) >= 11 is 0. The van der Waals surface area contributed by atoms with E-state index in [0.717, 1.165) is 25.9 Å². The van der Waals surface area contributed by atoms with Crippen LogP contribution in [0.2, 0.25) is 0 Å². The Morgan fingerprint density at radius 2 is 1.30 bits per heavy atom. The summed E-state index contributed by atoms with van der Waals surface area (Å²) in [6.45, 7) is 4.04. The van der Waals surface area contributed by atoms with Gasteiger partial charge >= 0.3 is 0 Å². The second-order valence-electron chi connectivity index (χ2n) is 5.34. The lowest BCUT2D eigenvalue weighted by Gasteiger charge is -2.36. The Bertz CT molecular complexity index is 533. The molecule has 0 aromatic heterocycles. The van der Waals surface area contributed by atoms with E-state index in [0.29, 0.717) is 26.2 Å². The molecular weight excluding hydrogens is 274 g/mol. The third kappa shape index (κ3) is 2.68. The minimum atomic E-state index is -3.23. The summed E-state index contributed by atoms with van der Waals surface area (Å²) in [5, 5.41) is 0. The van der Waals surface area contributed by atoms with Crippen molar-refractivity contribution in [2.75, 3.05) is 44.2 Å². The molecule has 0 N–H and O–H groups in total. The molecule has 6 heteroatoms. The maximum Gasteiger partial charge on any atom is 0.282 e. The quantitative estimate of drug-likeness (QED) is 0.840. The van der Waals surface area contributed by atoms with E-state index in [1.807, 2.05) is 18.2 Å². The summed E-state index contributed by atoms with van der Waals surface area (Å²) in [6.07, 6.45) is 1.98. The third-order valence-electron chi connectivity index (χ3n) is 4.08. The van der Waals surface area contributed by atoms with Crippen LogP contribution in [0, 0.1) is 0 Å². The summed E-state index contributed by atoms with van der Waals surface area (Å²) in [7, 11) is -3.23. The lowest BCUT2D eigenvalue weighted by molar-refractivity contribution is 0.343. The normalized spacial score (nSPS) is 22.3. The fourth-order valence-corrected chi connectivity index (χ4v) is 4.57. The van der Waals surface area contributed by atoms with Crippen LogP contribution in [0.1, 0.15) is 12.8 Å². The molecule has 0 spiro atoms. The zero-order valence-electron chi connectivity index (χ0n) is 11.6. The molecule has 2 aliphatic heterocycles. The lowest BCUT2D eigenvalue weighted by atomic mass is 10.2. The number of nitrogens with zero attached hydrogens (tertiary/aromatic N) is 3. The zero-order chi connectivity index (χ0) is 14.0. The molecule has 0 atom stereocenters. The highest BCUT2D eigenvalue weighted by Gasteiger charge is 2.33. The average molecular weight is 295 g/mol. The molecule has 2 fully saturated rings. The van der Waals surface area contributed by atoms with Crippen LogP contribution >= 0.6 is 0 Å². The van der Waals surface area contributed by atoms with Gasteiger partial charge in [0.1, 0.15) is 0 Å². The number of anilines is 1. The number of piperazine rings is 1. The van der Waals surface area contributed by atoms with Crippen LogP contribution in [0.15, 0.2) is 30.3 Å². The van der Waals surface area contributed by atoms with Gasteiger partial charge < -0.3 is 4.90 Å². The molecule has 3 rings (SSSR count). The van der Waals surface area contributed by atoms with E-state index >= 15 is 0 Å². The molecule has 2 aliphatic rings. The van der Waals surface area contributed by atoms with Crippen molar-refractivity contribution >= 4 is 15.9 Å². The molecule has 2 heterocycles. The van der Waals surface area contributed by atoms with Gasteiger partial charge in [-0.3, -0.25) is 0 Å². The van der Waals surface area contributed by atoms with E-state index < -0.39 is 10.2 Å². The standard InChI is InChI=1S/C14H21N3O2S/c18-20(19,16-8-4-5-9-16)17-12-10-15(11-13-17)14-6-2-1-3-7-14/h1-3,6-7H,4-5,8-13H2. The van der Waals surface area contributed by atoms with E-state index in [-0.39, 0.29) is 0 Å². The zero-order valence-corrected chi connectivity index (χ0v) is 12.4. The average Bonchev–Trinajstić information content (AvgIpc) is 3.03. The molecule has 2 saturated heterocycles. The van der Waals surface area contributed by atoms with E-state index in [2.05, 4.69) is 17.0 Å². The fraction of sp³-hybridized carbons (Fsp3) is 0.571. The molecule has 20 heavy (non-hydrogen) atoms. The highest BCUT2D eigenvalue weighted by atomic mass is 32.2. The maximum atomic E-state index is 12.5. The van der Waals surface area contributed by atoms with Gasteiger partial charge in [0.05, 0.1) is 0 Å². The monoisotopic (exact) mass is 295 g/mol. The van der Waals surface area contributed by atoms with Crippen LogP contribution in [0.25, 0.3) is 0 Å². The Labute approximate surface area is 121 Å². The molecular formula is C14H21N3O2S. The summed E-state index contributed by atoms with van der Waals surface area (Å²) < 4.78 is 28.2. The smallest absolute Gasteiger partial charge is 0.282 e. The van der Waals surface area contributed by atoms with Crippen molar-refractivity contribution in [3.63, 3.8) is 0 Å². The van der Waals surface area contributed by atoms with Crippen LogP contribution in [0.5, 0.6) is 0 Å². The summed E-state index contributed by atoms with van der Waals surface area (Å²) in [4.78, 5) is 2.25. The van der Waals surface area contributed by atoms with Crippen molar-refractivity contribution in [2.24, 2.45) is 0 Å². The Kier molecular flexibility index (Phi) is 3.96. The number of hydrogen-bond donors (Lipinski definition) is 0. The Morgan fingerprint density at radius 1 is 0.750 bits per heavy atom. The van der Waals surface area contributed by atoms with Crippen LogP contribution in [-0.4, -0.2) is 56.3 Å². The van der Waals surface area contributed by atoms with Crippen molar-refractivity contribution in [2.45, 2.75) is 12.8 Å². The maximum absolute atomic E-state index is 12.5. The molecule has 1 aromatic carbocycles. The van der Waals surface area contributed by atoms with Crippen LogP contribution in [0.3, 0.4) is 0 Å². The van der Waals surface area contributed by atoms with Crippen molar-refractivity contribution < 1.29 is 8.42 Å². The van der Waals surface area contributed by atoms with E-state index in [1.54, 1.807) is 8.61 Å². The number of rotatable bonds is 3. The van der Waals surface area contributed by atoms with Crippen molar-refractivity contribution in [3.8, 4) is 0 Å². The number of para-hydroxylation sites is 1. The highest BCUT2D eigenvalue weighted by molar-refractivity contribution is 7.86. The molecule has 0 amide bonds. The molecule has 0 unspecified atom stereocenters. The van der Waals surface area contributed by atoms with Crippen LogP contribution < -0.4 is 4.90 Å². The molecule has 0 saturated carbocycles. The lowest BCUT2D eigenvalue weighted by Crippen LogP contribution is -2.52. The topological polar surface area (TPSA) is 43.9 Å². The van der Waals surface area contributed by atoms with Crippen LogP contribution in [-0.2, 0) is 10.2 Å². The molecule has 5 nitrogen and oxygen atoms in total. The molecule has 0 aliphatic carbocycles. The first-order chi connectivity index (χ1) is 9.68. The van der Waals surface area contributed by atoms with Crippen molar-refractivity contribution in [1.82, 2.24) is 8.61 Å². The first-order valence-electron chi connectivity index (χ1n) is 7.23. The van der Waals surface area contributed by atoms with Gasteiger partial charge in [-0.05, 0) is 25.0 Å². The van der Waals surface area contributed by atoms with Gasteiger partial charge in [0, 0.05) is 45.0 Å². The first kappa shape index (κ1) is 13.9. The minimum absolute atomic E-state index is 0.577. The largest absolute Gasteiger partial charge is 0.369 e.